The number of aryl methyl sites for hydroxylation is 2. The summed E-state index contributed by atoms with van der Waals surface area (Å²) in [5.41, 5.74) is -0.122. The van der Waals surface area contributed by atoms with Crippen LogP contribution in [0.25, 0.3) is 0 Å². The molecule has 0 spiro atoms. The number of halogens is 3. The molecule has 0 radical (unpaired) electrons. The van der Waals surface area contributed by atoms with E-state index in [2.05, 4.69) is 15.3 Å². The summed E-state index contributed by atoms with van der Waals surface area (Å²) in [6, 6.07) is 5.22. The average Bonchev–Trinajstić information content (AvgIpc) is 3.23. The number of amides is 1. The van der Waals surface area contributed by atoms with Crippen LogP contribution in [0.2, 0.25) is 0 Å². The van der Waals surface area contributed by atoms with Gasteiger partial charge in [0.15, 0.2) is 5.13 Å². The molecule has 1 aromatic carbocycles. The van der Waals surface area contributed by atoms with Gasteiger partial charge in [-0.1, -0.05) is 18.2 Å². The fourth-order valence-corrected chi connectivity index (χ4v) is 3.60. The third-order valence-corrected chi connectivity index (χ3v) is 5.07. The van der Waals surface area contributed by atoms with Crippen LogP contribution >= 0.6 is 11.3 Å². The fourth-order valence-electron chi connectivity index (χ4n) is 2.74. The number of thiazole rings is 1. The second kappa shape index (κ2) is 8.55. The Bertz CT molecular complexity index is 949. The van der Waals surface area contributed by atoms with Crippen molar-refractivity contribution < 1.29 is 18.0 Å². The van der Waals surface area contributed by atoms with Gasteiger partial charge in [0.25, 0.3) is 0 Å². The maximum atomic E-state index is 12.8. The van der Waals surface area contributed by atoms with Crippen LogP contribution in [0.3, 0.4) is 0 Å². The lowest BCUT2D eigenvalue weighted by molar-refractivity contribution is -0.137. The van der Waals surface area contributed by atoms with E-state index in [9.17, 15) is 18.0 Å². The third kappa shape index (κ3) is 5.41. The number of hydrogen-bond acceptors (Lipinski definition) is 4. The molecule has 3 rings (SSSR count). The third-order valence-electron chi connectivity index (χ3n) is 4.16. The van der Waals surface area contributed by atoms with E-state index in [0.717, 1.165) is 22.8 Å². The molecule has 0 fully saturated rings. The second-order valence-corrected chi connectivity index (χ2v) is 7.44. The highest BCUT2D eigenvalue weighted by Gasteiger charge is 2.30. The molecule has 28 heavy (non-hydrogen) atoms. The zero-order valence-corrected chi connectivity index (χ0v) is 16.0. The molecule has 0 unspecified atom stereocenters. The molecular formula is C19H19F3N4OS. The van der Waals surface area contributed by atoms with Crippen molar-refractivity contribution in [2.75, 3.05) is 5.32 Å². The number of nitrogens with zero attached hydrogens (tertiary/aromatic N) is 3. The molecule has 0 saturated heterocycles. The smallest absolute Gasteiger partial charge is 0.335 e. The minimum absolute atomic E-state index is 0.141. The number of aromatic nitrogens is 3. The number of alkyl halides is 3. The Morgan fingerprint density at radius 3 is 2.82 bits per heavy atom. The Labute approximate surface area is 164 Å². The van der Waals surface area contributed by atoms with E-state index in [1.165, 1.54) is 17.4 Å². The van der Waals surface area contributed by atoms with Crippen molar-refractivity contribution in [1.82, 2.24) is 14.5 Å². The van der Waals surface area contributed by atoms with E-state index in [1.54, 1.807) is 18.5 Å². The molecule has 3 aromatic rings. The normalized spacial score (nSPS) is 11.6. The lowest BCUT2D eigenvalue weighted by atomic mass is 10.1. The van der Waals surface area contributed by atoms with E-state index in [4.69, 9.17) is 0 Å². The van der Waals surface area contributed by atoms with Crippen molar-refractivity contribution in [2.24, 2.45) is 0 Å². The molecule has 2 heterocycles. The summed E-state index contributed by atoms with van der Waals surface area (Å²) in [5.74, 6) is 0.761. The number of nitrogens with one attached hydrogen (secondary N) is 1. The summed E-state index contributed by atoms with van der Waals surface area (Å²) in [6.45, 7) is 2.61. The Hall–Kier alpha value is -2.68. The van der Waals surface area contributed by atoms with Crippen LogP contribution in [0.4, 0.5) is 18.3 Å². The van der Waals surface area contributed by atoms with Crippen LogP contribution in [0.1, 0.15) is 34.7 Å². The number of rotatable bonds is 7. The van der Waals surface area contributed by atoms with E-state index in [0.29, 0.717) is 36.5 Å². The Kier molecular flexibility index (Phi) is 6.13. The Balaban J connectivity index is 1.51. The number of hydrogen-bond donors (Lipinski definition) is 1. The number of benzene rings is 1. The zero-order valence-electron chi connectivity index (χ0n) is 15.2. The van der Waals surface area contributed by atoms with Crippen molar-refractivity contribution in [3.05, 3.63) is 64.7 Å². The minimum Gasteiger partial charge on any atom is -0.335 e. The molecule has 0 bridgehead atoms. The lowest BCUT2D eigenvalue weighted by Gasteiger charge is -2.07. The van der Waals surface area contributed by atoms with E-state index in [-0.39, 0.29) is 5.91 Å². The molecule has 0 aliphatic carbocycles. The van der Waals surface area contributed by atoms with Crippen LogP contribution in [0.5, 0.6) is 0 Å². The van der Waals surface area contributed by atoms with Crippen LogP contribution in [0, 0.1) is 6.92 Å². The van der Waals surface area contributed by atoms with E-state index in [1.807, 2.05) is 17.7 Å². The van der Waals surface area contributed by atoms with Gasteiger partial charge in [-0.2, -0.15) is 13.2 Å². The first kappa shape index (κ1) is 20.1. The molecule has 0 aliphatic heterocycles. The summed E-state index contributed by atoms with van der Waals surface area (Å²) in [5, 5.41) is 3.19. The highest BCUT2D eigenvalue weighted by Crippen LogP contribution is 2.30. The highest BCUT2D eigenvalue weighted by atomic mass is 32.1. The predicted molar refractivity (Wildman–Crippen MR) is 101 cm³/mol. The highest BCUT2D eigenvalue weighted by molar-refractivity contribution is 7.15. The Morgan fingerprint density at radius 2 is 2.11 bits per heavy atom. The van der Waals surface area contributed by atoms with E-state index >= 15 is 0 Å². The zero-order chi connectivity index (χ0) is 20.1. The van der Waals surface area contributed by atoms with Gasteiger partial charge in [-0.25, -0.2) is 9.97 Å². The Morgan fingerprint density at radius 1 is 1.29 bits per heavy atom. The molecule has 2 aromatic heterocycles. The van der Waals surface area contributed by atoms with Crippen LogP contribution in [0.15, 0.2) is 42.9 Å². The van der Waals surface area contributed by atoms with Gasteiger partial charge in [0.1, 0.15) is 5.82 Å². The number of imidazole rings is 1. The maximum Gasteiger partial charge on any atom is 0.416 e. The minimum atomic E-state index is -4.36. The van der Waals surface area contributed by atoms with Crippen LogP contribution in [-0.2, 0) is 23.9 Å². The molecule has 148 valence electrons. The van der Waals surface area contributed by atoms with Crippen molar-refractivity contribution in [3.63, 3.8) is 0 Å². The fraction of sp³-hybridized carbons (Fsp3) is 0.316. The molecule has 0 aliphatic rings. The van der Waals surface area contributed by atoms with Crippen LogP contribution in [-0.4, -0.2) is 20.4 Å². The monoisotopic (exact) mass is 408 g/mol. The number of anilines is 1. The van der Waals surface area contributed by atoms with Gasteiger partial charge in [-0.15, -0.1) is 11.3 Å². The summed E-state index contributed by atoms with van der Waals surface area (Å²) >= 11 is 1.26. The summed E-state index contributed by atoms with van der Waals surface area (Å²) < 4.78 is 40.4. The first-order valence-corrected chi connectivity index (χ1v) is 9.51. The van der Waals surface area contributed by atoms with Gasteiger partial charge in [0.05, 0.1) is 5.56 Å². The summed E-state index contributed by atoms with van der Waals surface area (Å²) in [6.07, 6.45) is 2.15. The summed E-state index contributed by atoms with van der Waals surface area (Å²) in [7, 11) is 0. The molecule has 1 N–H and O–H groups in total. The average molecular weight is 408 g/mol. The molecule has 5 nitrogen and oxygen atoms in total. The molecule has 9 heteroatoms. The summed E-state index contributed by atoms with van der Waals surface area (Å²) in [4.78, 5) is 21.1. The van der Waals surface area contributed by atoms with Gasteiger partial charge in [-0.3, -0.25) is 4.79 Å². The van der Waals surface area contributed by atoms with Gasteiger partial charge in [0, 0.05) is 42.9 Å². The van der Waals surface area contributed by atoms with Gasteiger partial charge in [0.2, 0.25) is 5.91 Å². The largest absolute Gasteiger partial charge is 0.416 e. The molecule has 0 atom stereocenters. The standard InChI is InChI=1S/C19H19F3N4OS/c1-13-23-7-9-26(13)8-3-6-17(27)25-18-24-12-16(28-18)11-14-4-2-5-15(10-14)19(20,21)22/h2,4-5,7,9-10,12H,3,6,8,11H2,1H3,(H,24,25,27). The quantitative estimate of drug-likeness (QED) is 0.618. The van der Waals surface area contributed by atoms with Crippen LogP contribution < -0.4 is 5.32 Å². The van der Waals surface area contributed by atoms with E-state index < -0.39 is 11.7 Å². The number of carbonyl (C=O) groups excluding carboxylic acids is 1. The SMILES string of the molecule is Cc1nccn1CCCC(=O)Nc1ncc(Cc2cccc(C(F)(F)F)c2)s1. The first-order chi connectivity index (χ1) is 13.3. The molecular weight excluding hydrogens is 389 g/mol. The van der Waals surface area contributed by atoms with Crippen molar-refractivity contribution in [3.8, 4) is 0 Å². The van der Waals surface area contributed by atoms with Crippen molar-refractivity contribution in [1.29, 1.82) is 0 Å². The predicted octanol–water partition coefficient (Wildman–Crippen LogP) is 4.68. The molecule has 1 amide bonds. The first-order valence-electron chi connectivity index (χ1n) is 8.69. The molecule has 0 saturated carbocycles. The lowest BCUT2D eigenvalue weighted by Crippen LogP contribution is -2.12. The topological polar surface area (TPSA) is 59.8 Å². The van der Waals surface area contributed by atoms with Gasteiger partial charge >= 0.3 is 6.18 Å². The maximum absolute atomic E-state index is 12.8. The van der Waals surface area contributed by atoms with Gasteiger partial charge in [-0.05, 0) is 25.0 Å². The second-order valence-electron chi connectivity index (χ2n) is 6.33. The van der Waals surface area contributed by atoms with Crippen molar-refractivity contribution in [2.45, 2.75) is 38.9 Å². The van der Waals surface area contributed by atoms with Crippen molar-refractivity contribution >= 4 is 22.4 Å². The number of carbonyl (C=O) groups is 1. The van der Waals surface area contributed by atoms with Gasteiger partial charge < -0.3 is 9.88 Å².